The largest absolute Gasteiger partial charge is 0.368 e. The molecule has 0 saturated carbocycles. The van der Waals surface area contributed by atoms with Gasteiger partial charge in [0.25, 0.3) is 0 Å². The Balaban J connectivity index is 2.84. The zero-order valence-electron chi connectivity index (χ0n) is 10.8. The first-order chi connectivity index (χ1) is 8.60. The van der Waals surface area contributed by atoms with Gasteiger partial charge in [-0.2, -0.15) is 0 Å². The van der Waals surface area contributed by atoms with Gasteiger partial charge in [-0.1, -0.05) is 50.6 Å². The number of primary amides is 1. The molecular formula is C14H20N2O2. The van der Waals surface area contributed by atoms with Gasteiger partial charge >= 0.3 is 0 Å². The highest BCUT2D eigenvalue weighted by atomic mass is 16.1. The molecule has 0 bridgehead atoms. The first-order valence-corrected chi connectivity index (χ1v) is 6.15. The van der Waals surface area contributed by atoms with Crippen LogP contribution in [0, 0.1) is 5.92 Å². The monoisotopic (exact) mass is 248 g/mol. The van der Waals surface area contributed by atoms with Crippen molar-refractivity contribution in [2.24, 2.45) is 11.7 Å². The van der Waals surface area contributed by atoms with Crippen molar-refractivity contribution in [3.8, 4) is 0 Å². The van der Waals surface area contributed by atoms with Crippen LogP contribution in [0.2, 0.25) is 0 Å². The minimum atomic E-state index is -0.502. The van der Waals surface area contributed by atoms with E-state index in [0.717, 1.165) is 18.3 Å². The predicted octanol–water partition coefficient (Wildman–Crippen LogP) is 1.42. The Bertz CT molecular complexity index is 392. The highest BCUT2D eigenvalue weighted by molar-refractivity contribution is 5.80. The minimum Gasteiger partial charge on any atom is -0.368 e. The van der Waals surface area contributed by atoms with Gasteiger partial charge in [-0.25, -0.2) is 0 Å². The summed E-state index contributed by atoms with van der Waals surface area (Å²) in [5, 5.41) is 3.03. The molecule has 0 spiro atoms. The molecular weight excluding hydrogens is 228 g/mol. The summed E-state index contributed by atoms with van der Waals surface area (Å²) < 4.78 is 0. The Kier molecular flexibility index (Phi) is 5.52. The summed E-state index contributed by atoms with van der Waals surface area (Å²) >= 11 is 0. The molecule has 0 aliphatic heterocycles. The molecule has 1 aromatic rings. The number of benzene rings is 1. The van der Waals surface area contributed by atoms with Crippen LogP contribution in [0.25, 0.3) is 0 Å². The molecule has 4 nitrogen and oxygen atoms in total. The fourth-order valence-corrected chi connectivity index (χ4v) is 1.83. The van der Waals surface area contributed by atoms with E-state index in [-0.39, 0.29) is 5.92 Å². The van der Waals surface area contributed by atoms with Gasteiger partial charge in [0.15, 0.2) is 0 Å². The van der Waals surface area contributed by atoms with Crippen molar-refractivity contribution in [2.75, 3.05) is 0 Å². The number of nitrogens with one attached hydrogen (secondary N) is 1. The molecule has 0 aromatic heterocycles. The van der Waals surface area contributed by atoms with E-state index in [1.807, 2.05) is 44.2 Å². The van der Waals surface area contributed by atoms with Gasteiger partial charge in [-0.15, -0.1) is 0 Å². The SMILES string of the molecule is CC[C@H](C)[C@H](NC(C=O)c1ccccc1)C(N)=O. The van der Waals surface area contributed by atoms with Crippen molar-refractivity contribution in [1.29, 1.82) is 0 Å². The standard InChI is InChI=1S/C14H20N2O2/c1-3-10(2)13(14(15)18)16-12(9-17)11-7-5-4-6-8-11/h4-10,12-13,16H,3H2,1-2H3,(H2,15,18)/t10-,12?,13-/m0/s1. The molecule has 3 atom stereocenters. The zero-order valence-corrected chi connectivity index (χ0v) is 10.8. The van der Waals surface area contributed by atoms with Crippen LogP contribution in [-0.4, -0.2) is 18.2 Å². The van der Waals surface area contributed by atoms with Gasteiger partial charge in [0.1, 0.15) is 6.29 Å². The van der Waals surface area contributed by atoms with Crippen LogP contribution in [0.1, 0.15) is 31.9 Å². The maximum Gasteiger partial charge on any atom is 0.234 e. The zero-order chi connectivity index (χ0) is 13.5. The van der Waals surface area contributed by atoms with Gasteiger partial charge in [-0.3, -0.25) is 10.1 Å². The molecule has 0 heterocycles. The second-order valence-electron chi connectivity index (χ2n) is 4.46. The summed E-state index contributed by atoms with van der Waals surface area (Å²) in [6.07, 6.45) is 1.62. The average Bonchev–Trinajstić information content (AvgIpc) is 2.39. The summed E-state index contributed by atoms with van der Waals surface area (Å²) in [5.74, 6) is -0.333. The molecule has 3 N–H and O–H groups in total. The van der Waals surface area contributed by atoms with Crippen LogP contribution in [0.15, 0.2) is 30.3 Å². The van der Waals surface area contributed by atoms with Crippen LogP contribution < -0.4 is 11.1 Å². The lowest BCUT2D eigenvalue weighted by Crippen LogP contribution is -2.47. The van der Waals surface area contributed by atoms with Crippen LogP contribution >= 0.6 is 0 Å². The van der Waals surface area contributed by atoms with E-state index in [4.69, 9.17) is 5.73 Å². The number of hydrogen-bond acceptors (Lipinski definition) is 3. The maximum absolute atomic E-state index is 11.4. The molecule has 0 radical (unpaired) electrons. The first-order valence-electron chi connectivity index (χ1n) is 6.15. The number of carbonyl (C=O) groups excluding carboxylic acids is 2. The molecule has 0 fully saturated rings. The van der Waals surface area contributed by atoms with Gasteiger partial charge < -0.3 is 10.5 Å². The van der Waals surface area contributed by atoms with Crippen molar-refractivity contribution in [1.82, 2.24) is 5.32 Å². The second kappa shape index (κ2) is 6.91. The molecule has 1 unspecified atom stereocenters. The highest BCUT2D eigenvalue weighted by Gasteiger charge is 2.25. The van der Waals surface area contributed by atoms with E-state index in [0.29, 0.717) is 0 Å². The fraction of sp³-hybridized carbons (Fsp3) is 0.429. The smallest absolute Gasteiger partial charge is 0.234 e. The van der Waals surface area contributed by atoms with Crippen molar-refractivity contribution < 1.29 is 9.59 Å². The van der Waals surface area contributed by atoms with Gasteiger partial charge in [0.2, 0.25) is 5.91 Å². The Morgan fingerprint density at radius 1 is 1.39 bits per heavy atom. The highest BCUT2D eigenvalue weighted by Crippen LogP contribution is 2.15. The quantitative estimate of drug-likeness (QED) is 0.717. The van der Waals surface area contributed by atoms with Crippen LogP contribution in [-0.2, 0) is 9.59 Å². The third-order valence-corrected chi connectivity index (χ3v) is 3.17. The third-order valence-electron chi connectivity index (χ3n) is 3.17. The van der Waals surface area contributed by atoms with E-state index in [1.54, 1.807) is 0 Å². The lowest BCUT2D eigenvalue weighted by Gasteiger charge is -2.24. The molecule has 18 heavy (non-hydrogen) atoms. The number of rotatable bonds is 7. The van der Waals surface area contributed by atoms with E-state index in [1.165, 1.54) is 0 Å². The van der Waals surface area contributed by atoms with E-state index in [9.17, 15) is 9.59 Å². The molecule has 0 saturated heterocycles. The maximum atomic E-state index is 11.4. The van der Waals surface area contributed by atoms with Gasteiger partial charge in [-0.05, 0) is 11.5 Å². The molecule has 1 aromatic carbocycles. The Morgan fingerprint density at radius 3 is 2.44 bits per heavy atom. The Hall–Kier alpha value is -1.68. The summed E-state index contributed by atoms with van der Waals surface area (Å²) in [7, 11) is 0. The normalized spacial score (nSPS) is 15.7. The number of carbonyl (C=O) groups is 2. The number of amides is 1. The van der Waals surface area contributed by atoms with E-state index < -0.39 is 18.0 Å². The Morgan fingerprint density at radius 2 is 2.00 bits per heavy atom. The third kappa shape index (κ3) is 3.67. The fourth-order valence-electron chi connectivity index (χ4n) is 1.83. The minimum absolute atomic E-state index is 0.0914. The molecule has 0 aliphatic carbocycles. The summed E-state index contributed by atoms with van der Waals surface area (Å²) in [6.45, 7) is 3.93. The lowest BCUT2D eigenvalue weighted by atomic mass is 9.96. The molecule has 1 rings (SSSR count). The van der Waals surface area contributed by atoms with Crippen LogP contribution in [0.4, 0.5) is 0 Å². The number of hydrogen-bond donors (Lipinski definition) is 2. The lowest BCUT2D eigenvalue weighted by molar-refractivity contribution is -0.121. The first kappa shape index (κ1) is 14.4. The number of aldehydes is 1. The summed E-state index contributed by atoms with van der Waals surface area (Å²) in [4.78, 5) is 22.6. The summed E-state index contributed by atoms with van der Waals surface area (Å²) in [5.41, 5.74) is 6.21. The van der Waals surface area contributed by atoms with Gasteiger partial charge in [0.05, 0.1) is 12.1 Å². The molecule has 4 heteroatoms. The van der Waals surface area contributed by atoms with E-state index >= 15 is 0 Å². The molecule has 98 valence electrons. The molecule has 0 aliphatic rings. The van der Waals surface area contributed by atoms with Crippen molar-refractivity contribution in [2.45, 2.75) is 32.4 Å². The average molecular weight is 248 g/mol. The van der Waals surface area contributed by atoms with Crippen LogP contribution in [0.5, 0.6) is 0 Å². The van der Waals surface area contributed by atoms with Crippen molar-refractivity contribution in [3.05, 3.63) is 35.9 Å². The predicted molar refractivity (Wildman–Crippen MR) is 70.8 cm³/mol. The topological polar surface area (TPSA) is 72.2 Å². The van der Waals surface area contributed by atoms with E-state index in [2.05, 4.69) is 5.32 Å². The van der Waals surface area contributed by atoms with Crippen molar-refractivity contribution >= 4 is 12.2 Å². The van der Waals surface area contributed by atoms with Crippen molar-refractivity contribution in [3.63, 3.8) is 0 Å². The number of nitrogens with two attached hydrogens (primary N) is 1. The second-order valence-corrected chi connectivity index (χ2v) is 4.46. The summed E-state index contributed by atoms with van der Waals surface area (Å²) in [6, 6.07) is 8.29. The Labute approximate surface area is 108 Å². The molecule has 1 amide bonds. The van der Waals surface area contributed by atoms with Crippen LogP contribution in [0.3, 0.4) is 0 Å². The van der Waals surface area contributed by atoms with Gasteiger partial charge in [0, 0.05) is 0 Å².